The molecule has 144 valence electrons. The van der Waals surface area contributed by atoms with Crippen molar-refractivity contribution >= 4 is 38.4 Å². The van der Waals surface area contributed by atoms with Crippen LogP contribution in [0.25, 0.3) is 10.9 Å². The van der Waals surface area contributed by atoms with Gasteiger partial charge in [0.15, 0.2) is 5.69 Å². The summed E-state index contributed by atoms with van der Waals surface area (Å²) in [6.07, 6.45) is 6.61. The summed E-state index contributed by atoms with van der Waals surface area (Å²) in [6, 6.07) is 9.04. The SMILES string of the molecule is O=C(N=Nc1c(O)n(CN2CCCCC2)c2ccc(Br)cc12)c1cccnc1. The molecule has 7 nitrogen and oxygen atoms in total. The van der Waals surface area contributed by atoms with Gasteiger partial charge in [-0.15, -0.1) is 10.2 Å². The lowest BCUT2D eigenvalue weighted by atomic mass is 10.1. The minimum Gasteiger partial charge on any atom is -0.493 e. The second-order valence-corrected chi connectivity index (χ2v) is 7.74. The Morgan fingerprint density at radius 3 is 2.79 bits per heavy atom. The van der Waals surface area contributed by atoms with Crippen LogP contribution in [0.1, 0.15) is 29.6 Å². The Morgan fingerprint density at radius 2 is 2.04 bits per heavy atom. The first-order valence-electron chi connectivity index (χ1n) is 9.22. The van der Waals surface area contributed by atoms with Gasteiger partial charge in [-0.2, -0.15) is 0 Å². The second kappa shape index (κ2) is 8.20. The number of rotatable bonds is 4. The van der Waals surface area contributed by atoms with E-state index in [-0.39, 0.29) is 5.88 Å². The van der Waals surface area contributed by atoms with Gasteiger partial charge in [0.05, 0.1) is 17.7 Å². The number of azo groups is 1. The predicted molar refractivity (Wildman–Crippen MR) is 110 cm³/mol. The van der Waals surface area contributed by atoms with Gasteiger partial charge in [0.1, 0.15) is 0 Å². The number of likely N-dealkylation sites (tertiary alicyclic amines) is 1. The summed E-state index contributed by atoms with van der Waals surface area (Å²) in [4.78, 5) is 18.5. The first kappa shape index (κ1) is 18.8. The fourth-order valence-corrected chi connectivity index (χ4v) is 3.84. The number of hydrogen-bond acceptors (Lipinski definition) is 5. The number of benzene rings is 1. The topological polar surface area (TPSA) is 83.1 Å². The minimum atomic E-state index is -0.501. The standard InChI is InChI=1S/C20H20BrN5O2/c21-15-6-7-17-16(11-15)18(23-24-19(27)14-5-4-8-22-12-14)20(28)26(17)13-25-9-2-1-3-10-25/h4-8,11-12,28H,1-3,9-10,13H2. The van der Waals surface area contributed by atoms with Crippen LogP contribution in [0.2, 0.25) is 0 Å². The van der Waals surface area contributed by atoms with E-state index in [0.717, 1.165) is 41.3 Å². The molecule has 1 saturated heterocycles. The third-order valence-corrected chi connectivity index (χ3v) is 5.40. The van der Waals surface area contributed by atoms with Gasteiger partial charge in [-0.25, -0.2) is 0 Å². The quantitative estimate of drug-likeness (QED) is 0.585. The molecule has 1 amide bonds. The molecule has 0 unspecified atom stereocenters. The fraction of sp³-hybridized carbons (Fsp3) is 0.300. The summed E-state index contributed by atoms with van der Waals surface area (Å²) in [6.45, 7) is 2.59. The molecular weight excluding hydrogens is 422 g/mol. The first-order valence-corrected chi connectivity index (χ1v) is 10.0. The molecule has 28 heavy (non-hydrogen) atoms. The highest BCUT2D eigenvalue weighted by Gasteiger charge is 2.20. The molecule has 0 saturated carbocycles. The van der Waals surface area contributed by atoms with Crippen LogP contribution in [0.15, 0.2) is 57.4 Å². The fourth-order valence-electron chi connectivity index (χ4n) is 3.48. The molecule has 0 atom stereocenters. The van der Waals surface area contributed by atoms with Crippen molar-refractivity contribution in [1.29, 1.82) is 0 Å². The van der Waals surface area contributed by atoms with E-state index in [2.05, 4.69) is 36.0 Å². The zero-order valence-electron chi connectivity index (χ0n) is 15.3. The van der Waals surface area contributed by atoms with Crippen molar-refractivity contribution in [2.24, 2.45) is 10.2 Å². The van der Waals surface area contributed by atoms with E-state index in [9.17, 15) is 9.90 Å². The van der Waals surface area contributed by atoms with Crippen LogP contribution in [0, 0.1) is 0 Å². The number of amides is 1. The van der Waals surface area contributed by atoms with Crippen LogP contribution in [-0.2, 0) is 6.67 Å². The largest absolute Gasteiger partial charge is 0.493 e. The number of carbonyl (C=O) groups is 1. The second-order valence-electron chi connectivity index (χ2n) is 6.83. The lowest BCUT2D eigenvalue weighted by Crippen LogP contribution is -2.31. The molecule has 1 aliphatic rings. The van der Waals surface area contributed by atoms with Gasteiger partial charge >= 0.3 is 0 Å². The van der Waals surface area contributed by atoms with Crippen molar-refractivity contribution in [3.63, 3.8) is 0 Å². The molecular formula is C20H20BrN5O2. The lowest BCUT2D eigenvalue weighted by molar-refractivity contribution is 0.0994. The Morgan fingerprint density at radius 1 is 1.21 bits per heavy atom. The third kappa shape index (κ3) is 3.83. The van der Waals surface area contributed by atoms with E-state index in [0.29, 0.717) is 17.9 Å². The number of aromatic hydroxyl groups is 1. The molecule has 8 heteroatoms. The van der Waals surface area contributed by atoms with Crippen molar-refractivity contribution < 1.29 is 9.90 Å². The highest BCUT2D eigenvalue weighted by Crippen LogP contribution is 2.40. The summed E-state index contributed by atoms with van der Waals surface area (Å²) in [5.74, 6) is -0.485. The zero-order valence-corrected chi connectivity index (χ0v) is 16.8. The van der Waals surface area contributed by atoms with Gasteiger partial charge in [-0.05, 0) is 56.3 Å². The van der Waals surface area contributed by atoms with Crippen molar-refractivity contribution in [3.8, 4) is 5.88 Å². The van der Waals surface area contributed by atoms with E-state index in [1.165, 1.54) is 12.6 Å². The van der Waals surface area contributed by atoms with E-state index >= 15 is 0 Å². The Balaban J connectivity index is 1.71. The smallest absolute Gasteiger partial charge is 0.296 e. The van der Waals surface area contributed by atoms with Gasteiger partial charge in [0.2, 0.25) is 5.88 Å². The average molecular weight is 442 g/mol. The van der Waals surface area contributed by atoms with Gasteiger partial charge in [-0.3, -0.25) is 19.2 Å². The maximum absolute atomic E-state index is 12.2. The van der Waals surface area contributed by atoms with Crippen LogP contribution in [0.4, 0.5) is 5.69 Å². The van der Waals surface area contributed by atoms with Crippen molar-refractivity contribution in [3.05, 3.63) is 52.8 Å². The molecule has 0 spiro atoms. The van der Waals surface area contributed by atoms with E-state index in [4.69, 9.17) is 0 Å². The third-order valence-electron chi connectivity index (χ3n) is 4.91. The number of pyridine rings is 1. The van der Waals surface area contributed by atoms with E-state index < -0.39 is 5.91 Å². The molecule has 0 radical (unpaired) electrons. The van der Waals surface area contributed by atoms with Crippen molar-refractivity contribution in [2.45, 2.75) is 25.9 Å². The number of piperidine rings is 1. The number of aromatic nitrogens is 2. The number of fused-ring (bicyclic) bond motifs is 1. The zero-order chi connectivity index (χ0) is 19.5. The van der Waals surface area contributed by atoms with Crippen molar-refractivity contribution in [2.75, 3.05) is 13.1 Å². The lowest BCUT2D eigenvalue weighted by Gasteiger charge is -2.27. The molecule has 1 aliphatic heterocycles. The molecule has 2 aromatic heterocycles. The first-order chi connectivity index (χ1) is 13.6. The molecule has 3 heterocycles. The van der Waals surface area contributed by atoms with Crippen LogP contribution in [0.3, 0.4) is 0 Å². The molecule has 1 fully saturated rings. The minimum absolute atomic E-state index is 0.0152. The maximum Gasteiger partial charge on any atom is 0.296 e. The monoisotopic (exact) mass is 441 g/mol. The van der Waals surface area contributed by atoms with E-state index in [1.807, 2.05) is 22.8 Å². The molecule has 0 bridgehead atoms. The van der Waals surface area contributed by atoms with Crippen LogP contribution in [0.5, 0.6) is 5.88 Å². The van der Waals surface area contributed by atoms with Gasteiger partial charge in [0, 0.05) is 22.3 Å². The number of carbonyl (C=O) groups excluding carboxylic acids is 1. The highest BCUT2D eigenvalue weighted by molar-refractivity contribution is 9.10. The Bertz CT molecular complexity index is 1030. The molecule has 3 aromatic rings. The summed E-state index contributed by atoms with van der Waals surface area (Å²) in [5.41, 5.74) is 1.50. The van der Waals surface area contributed by atoms with E-state index in [1.54, 1.807) is 18.3 Å². The number of hydrogen-bond donors (Lipinski definition) is 1. The molecule has 4 rings (SSSR count). The Hall–Kier alpha value is -2.58. The molecule has 1 aromatic carbocycles. The number of nitrogens with zero attached hydrogens (tertiary/aromatic N) is 5. The summed E-state index contributed by atoms with van der Waals surface area (Å²) < 4.78 is 2.70. The maximum atomic E-state index is 12.2. The van der Waals surface area contributed by atoms with Gasteiger partial charge in [-0.1, -0.05) is 22.4 Å². The molecule has 0 aliphatic carbocycles. The Kier molecular flexibility index (Phi) is 5.50. The molecule has 1 N–H and O–H groups in total. The summed E-state index contributed by atoms with van der Waals surface area (Å²) >= 11 is 3.47. The Labute approximate surface area is 170 Å². The normalized spacial score (nSPS) is 15.5. The summed E-state index contributed by atoms with van der Waals surface area (Å²) in [5, 5.41) is 19.5. The van der Waals surface area contributed by atoms with Crippen molar-refractivity contribution in [1.82, 2.24) is 14.5 Å². The van der Waals surface area contributed by atoms with Crippen LogP contribution < -0.4 is 0 Å². The average Bonchev–Trinajstić information content (AvgIpc) is 2.98. The predicted octanol–water partition coefficient (Wildman–Crippen LogP) is 4.87. The van der Waals surface area contributed by atoms with Crippen LogP contribution in [-0.4, -0.2) is 38.6 Å². The number of halogens is 1. The van der Waals surface area contributed by atoms with Gasteiger partial charge in [0.25, 0.3) is 5.91 Å². The summed E-state index contributed by atoms with van der Waals surface area (Å²) in [7, 11) is 0. The van der Waals surface area contributed by atoms with Gasteiger partial charge < -0.3 is 5.11 Å². The van der Waals surface area contributed by atoms with Crippen LogP contribution >= 0.6 is 15.9 Å². The highest BCUT2D eigenvalue weighted by atomic mass is 79.9.